The number of nitrogens with one attached hydrogen (secondary N) is 3. The van der Waals surface area contributed by atoms with Crippen molar-refractivity contribution < 1.29 is 19.2 Å². The first-order valence-corrected chi connectivity index (χ1v) is 10.1. The quantitative estimate of drug-likeness (QED) is 0.224. The van der Waals surface area contributed by atoms with Gasteiger partial charge in [-0.2, -0.15) is 0 Å². The molecule has 164 valence electrons. The van der Waals surface area contributed by atoms with Crippen LogP contribution in [0.15, 0.2) is 36.4 Å². The summed E-state index contributed by atoms with van der Waals surface area (Å²) >= 11 is 22.4. The Bertz CT molecular complexity index is 1020. The van der Waals surface area contributed by atoms with Crippen LogP contribution in [-0.4, -0.2) is 28.5 Å². The van der Waals surface area contributed by atoms with Crippen molar-refractivity contribution in [1.82, 2.24) is 16.2 Å². The zero-order valence-corrected chi connectivity index (χ0v) is 18.7. The van der Waals surface area contributed by atoms with E-state index in [0.717, 1.165) is 6.07 Å². The van der Waals surface area contributed by atoms with Gasteiger partial charge in [-0.25, -0.2) is 0 Å². The number of nitro groups is 1. The molecule has 0 atom stereocenters. The molecule has 0 aliphatic rings. The summed E-state index contributed by atoms with van der Waals surface area (Å²) < 4.78 is 5.47. The van der Waals surface area contributed by atoms with Crippen molar-refractivity contribution >= 4 is 69.6 Å². The Morgan fingerprint density at radius 2 is 1.81 bits per heavy atom. The summed E-state index contributed by atoms with van der Waals surface area (Å²) in [5.74, 6) is -0.653. The van der Waals surface area contributed by atoms with E-state index < -0.39 is 22.4 Å². The van der Waals surface area contributed by atoms with E-state index in [1.165, 1.54) is 12.1 Å². The van der Waals surface area contributed by atoms with Crippen molar-refractivity contribution in [1.29, 1.82) is 0 Å². The number of hydrogen-bond acceptors (Lipinski definition) is 6. The minimum Gasteiger partial charge on any atom is -0.492 e. The monoisotopic (exact) mass is 504 g/mol. The highest BCUT2D eigenvalue weighted by Crippen LogP contribution is 2.27. The van der Waals surface area contributed by atoms with Crippen molar-refractivity contribution in [3.05, 3.63) is 67.1 Å². The van der Waals surface area contributed by atoms with E-state index in [9.17, 15) is 19.7 Å². The molecule has 0 aliphatic carbocycles. The van der Waals surface area contributed by atoms with E-state index in [0.29, 0.717) is 22.2 Å². The fourth-order valence-corrected chi connectivity index (χ4v) is 2.99. The van der Waals surface area contributed by atoms with Gasteiger partial charge in [0, 0.05) is 23.1 Å². The average Bonchev–Trinajstić information content (AvgIpc) is 2.71. The number of hydrazine groups is 1. The summed E-state index contributed by atoms with van der Waals surface area (Å²) in [4.78, 5) is 34.2. The SMILES string of the molecule is O=C(CCCOc1ccc(Cl)cc1Cl)NNC(=S)NC(=O)c1ccc(Cl)c([N+](=O)[O-])c1. The first-order chi connectivity index (χ1) is 14.7. The van der Waals surface area contributed by atoms with Crippen LogP contribution >= 0.6 is 47.0 Å². The standard InChI is InChI=1S/C18H15Cl3N4O5S/c19-11-4-6-15(13(21)9-11)30-7-1-2-16(26)23-24-18(31)22-17(27)10-3-5-12(20)14(8-10)25(28)29/h3-6,8-9H,1-2,7H2,(H,23,26)(H2,22,24,27,31). The predicted octanol–water partition coefficient (Wildman–Crippen LogP) is 4.05. The van der Waals surface area contributed by atoms with E-state index >= 15 is 0 Å². The fraction of sp³-hybridized carbons (Fsp3) is 0.167. The third-order valence-electron chi connectivity index (χ3n) is 3.65. The highest BCUT2D eigenvalue weighted by Gasteiger charge is 2.17. The van der Waals surface area contributed by atoms with Crippen LogP contribution in [0.1, 0.15) is 23.2 Å². The molecule has 2 rings (SSSR count). The Labute approximate surface area is 197 Å². The molecule has 0 saturated carbocycles. The Morgan fingerprint density at radius 3 is 2.48 bits per heavy atom. The molecule has 0 spiro atoms. The van der Waals surface area contributed by atoms with Gasteiger partial charge in [-0.15, -0.1) is 0 Å². The van der Waals surface area contributed by atoms with Crippen molar-refractivity contribution in [3.63, 3.8) is 0 Å². The highest BCUT2D eigenvalue weighted by molar-refractivity contribution is 7.80. The lowest BCUT2D eigenvalue weighted by Gasteiger charge is -2.11. The van der Waals surface area contributed by atoms with Crippen LogP contribution < -0.4 is 20.9 Å². The molecule has 9 nitrogen and oxygen atoms in total. The van der Waals surface area contributed by atoms with Gasteiger partial charge in [0.1, 0.15) is 10.8 Å². The fourth-order valence-electron chi connectivity index (χ4n) is 2.20. The number of rotatable bonds is 7. The number of nitrogens with zero attached hydrogens (tertiary/aromatic N) is 1. The molecule has 13 heteroatoms. The summed E-state index contributed by atoms with van der Waals surface area (Å²) in [6.45, 7) is 0.241. The van der Waals surface area contributed by atoms with Crippen LogP contribution in [0.2, 0.25) is 15.1 Å². The normalized spacial score (nSPS) is 10.2. The topological polar surface area (TPSA) is 123 Å². The molecule has 2 amide bonds. The molecule has 0 fully saturated rings. The molecular weight excluding hydrogens is 491 g/mol. The van der Waals surface area contributed by atoms with Crippen LogP contribution in [0.3, 0.4) is 0 Å². The number of ether oxygens (including phenoxy) is 1. The maximum Gasteiger partial charge on any atom is 0.288 e. The van der Waals surface area contributed by atoms with Crippen molar-refractivity contribution in [2.75, 3.05) is 6.61 Å². The predicted molar refractivity (Wildman–Crippen MR) is 121 cm³/mol. The lowest BCUT2D eigenvalue weighted by atomic mass is 10.2. The van der Waals surface area contributed by atoms with Crippen LogP contribution in [0.5, 0.6) is 5.75 Å². The number of hydrogen-bond donors (Lipinski definition) is 3. The molecule has 31 heavy (non-hydrogen) atoms. The molecule has 2 aromatic carbocycles. The van der Waals surface area contributed by atoms with E-state index in [2.05, 4.69) is 16.2 Å². The number of carbonyl (C=O) groups excluding carboxylic acids is 2. The Morgan fingerprint density at radius 1 is 1.06 bits per heavy atom. The van der Waals surface area contributed by atoms with Crippen LogP contribution in [-0.2, 0) is 4.79 Å². The second kappa shape index (κ2) is 11.7. The zero-order valence-electron chi connectivity index (χ0n) is 15.6. The first-order valence-electron chi connectivity index (χ1n) is 8.59. The van der Waals surface area contributed by atoms with Gasteiger partial charge < -0.3 is 4.74 Å². The van der Waals surface area contributed by atoms with Gasteiger partial charge in [0.15, 0.2) is 5.11 Å². The molecule has 3 N–H and O–H groups in total. The minimum atomic E-state index is -0.709. The molecule has 0 heterocycles. The zero-order chi connectivity index (χ0) is 23.0. The molecule has 0 radical (unpaired) electrons. The maximum atomic E-state index is 12.1. The number of benzene rings is 2. The number of halogens is 3. The third-order valence-corrected chi connectivity index (χ3v) is 4.70. The van der Waals surface area contributed by atoms with E-state index in [1.54, 1.807) is 18.2 Å². The van der Waals surface area contributed by atoms with Gasteiger partial charge in [-0.3, -0.25) is 35.9 Å². The summed E-state index contributed by atoms with van der Waals surface area (Å²) in [6, 6.07) is 8.36. The minimum absolute atomic E-state index is 0.0235. The van der Waals surface area contributed by atoms with Crippen LogP contribution in [0, 0.1) is 10.1 Å². The molecule has 0 saturated heterocycles. The smallest absolute Gasteiger partial charge is 0.288 e. The molecule has 0 aliphatic heterocycles. The van der Waals surface area contributed by atoms with Gasteiger partial charge >= 0.3 is 0 Å². The lowest BCUT2D eigenvalue weighted by Crippen LogP contribution is -2.48. The van der Waals surface area contributed by atoms with Gasteiger partial charge in [0.25, 0.3) is 11.6 Å². The molecule has 2 aromatic rings. The average molecular weight is 506 g/mol. The highest BCUT2D eigenvalue weighted by atomic mass is 35.5. The number of amides is 2. The molecule has 0 aromatic heterocycles. The van der Waals surface area contributed by atoms with E-state index in [-0.39, 0.29) is 28.7 Å². The number of carbonyl (C=O) groups is 2. The van der Waals surface area contributed by atoms with Gasteiger partial charge in [-0.05, 0) is 49.0 Å². The number of nitro benzene ring substituents is 1. The molecule has 0 unspecified atom stereocenters. The molecular formula is C18H15Cl3N4O5S. The van der Waals surface area contributed by atoms with Crippen LogP contribution in [0.25, 0.3) is 0 Å². The van der Waals surface area contributed by atoms with Gasteiger partial charge in [0.2, 0.25) is 5.91 Å². The largest absolute Gasteiger partial charge is 0.492 e. The van der Waals surface area contributed by atoms with Gasteiger partial charge in [0.05, 0.1) is 16.6 Å². The van der Waals surface area contributed by atoms with Crippen molar-refractivity contribution in [2.24, 2.45) is 0 Å². The third kappa shape index (κ3) is 7.83. The second-order valence-corrected chi connectivity index (χ2v) is 7.57. The van der Waals surface area contributed by atoms with Gasteiger partial charge in [-0.1, -0.05) is 34.8 Å². The van der Waals surface area contributed by atoms with E-state index in [4.69, 9.17) is 51.8 Å². The van der Waals surface area contributed by atoms with Crippen molar-refractivity contribution in [3.8, 4) is 5.75 Å². The summed E-state index contributed by atoms with van der Waals surface area (Å²) in [5, 5.41) is 13.7. The Hall–Kier alpha value is -2.66. The number of thiocarbonyl (C=S) groups is 1. The molecule has 0 bridgehead atoms. The lowest BCUT2D eigenvalue weighted by molar-refractivity contribution is -0.384. The van der Waals surface area contributed by atoms with Crippen molar-refractivity contribution in [2.45, 2.75) is 12.8 Å². The summed E-state index contributed by atoms with van der Waals surface area (Å²) in [5.41, 5.74) is 4.25. The Balaban J connectivity index is 1.72. The summed E-state index contributed by atoms with van der Waals surface area (Å²) in [7, 11) is 0. The van der Waals surface area contributed by atoms with Crippen LogP contribution in [0.4, 0.5) is 5.69 Å². The summed E-state index contributed by atoms with van der Waals surface area (Å²) in [6.07, 6.45) is 0.498. The van der Waals surface area contributed by atoms with E-state index in [1.807, 2.05) is 0 Å². The second-order valence-electron chi connectivity index (χ2n) is 5.91. The first kappa shape index (κ1) is 24.6. The maximum absolute atomic E-state index is 12.1. The Kier molecular flexibility index (Phi) is 9.25.